The molecule has 0 unspecified atom stereocenters. The van der Waals surface area contributed by atoms with Gasteiger partial charge >= 0.3 is 25.7 Å². The van der Waals surface area contributed by atoms with Gasteiger partial charge in [-0.3, -0.25) is 28.0 Å². The van der Waals surface area contributed by atoms with Gasteiger partial charge in [0.25, 0.3) is 0 Å². The van der Waals surface area contributed by atoms with Gasteiger partial charge in [0.2, 0.25) is 0 Å². The van der Waals surface area contributed by atoms with E-state index in [-0.39, 0.29) is 76.8 Å². The first kappa shape index (κ1) is 40.6. The highest BCUT2D eigenvalue weighted by Crippen LogP contribution is 2.50. The minimum absolute atomic E-state index is 0.150. The Hall–Kier alpha value is -3.82. The minimum atomic E-state index is -3.83. The summed E-state index contributed by atoms with van der Waals surface area (Å²) in [7, 11) is -3.83. The first-order chi connectivity index (χ1) is 24.4. The topological polar surface area (TPSA) is 124 Å². The number of ether oxygens (including phenoxy) is 3. The predicted octanol–water partition coefficient (Wildman–Crippen LogP) is 9.06. The fourth-order valence-electron chi connectivity index (χ4n) is 4.72. The van der Waals surface area contributed by atoms with Gasteiger partial charge in [0, 0.05) is 19.3 Å². The molecule has 0 N–H and O–H groups in total. The van der Waals surface area contributed by atoms with E-state index < -0.39 is 7.82 Å². The van der Waals surface area contributed by atoms with Gasteiger partial charge in [-0.05, 0) is 55.2 Å². The van der Waals surface area contributed by atoms with Crippen molar-refractivity contribution in [1.82, 2.24) is 0 Å². The van der Waals surface area contributed by atoms with Crippen molar-refractivity contribution in [3.05, 3.63) is 108 Å². The maximum atomic E-state index is 13.4. The average Bonchev–Trinajstić information content (AvgIpc) is 3.14. The second-order valence-corrected chi connectivity index (χ2v) is 13.5. The third kappa shape index (κ3) is 19.4. The van der Waals surface area contributed by atoms with Crippen LogP contribution in [0.15, 0.2) is 91.0 Å². The zero-order chi connectivity index (χ0) is 35.5. The molecule has 3 aromatic carbocycles. The standard InChI is InChI=1S/C39H51O10P/c40-37(44-31-34-19-7-1-8-20-34)25-13-4-16-28-47-50(43,48-29-17-5-14-26-38(41)45-32-35-21-9-2-10-22-35)49-30-18-6-15-27-39(42)46-33-36-23-11-3-12-24-36/h1-3,7-12,19-24H,4-6,13-18,25-33H2. The van der Waals surface area contributed by atoms with Crippen LogP contribution >= 0.6 is 7.82 Å². The molecule has 50 heavy (non-hydrogen) atoms. The summed E-state index contributed by atoms with van der Waals surface area (Å²) >= 11 is 0. The molecule has 3 rings (SSSR count). The van der Waals surface area contributed by atoms with Gasteiger partial charge in [-0.2, -0.15) is 0 Å². The molecule has 0 amide bonds. The lowest BCUT2D eigenvalue weighted by atomic mass is 10.2. The highest BCUT2D eigenvalue weighted by Gasteiger charge is 2.26. The zero-order valence-corrected chi connectivity index (χ0v) is 29.8. The largest absolute Gasteiger partial charge is 0.474 e. The van der Waals surface area contributed by atoms with Gasteiger partial charge < -0.3 is 14.2 Å². The number of carbonyl (C=O) groups excluding carboxylic acids is 3. The quantitative estimate of drug-likeness (QED) is 0.0328. The molecule has 0 aliphatic heterocycles. The number of hydrogen-bond acceptors (Lipinski definition) is 10. The Kier molecular flexibility index (Phi) is 20.4. The second kappa shape index (κ2) is 25.2. The van der Waals surface area contributed by atoms with Crippen LogP contribution in [0.3, 0.4) is 0 Å². The van der Waals surface area contributed by atoms with E-state index in [4.69, 9.17) is 27.8 Å². The highest BCUT2D eigenvalue weighted by atomic mass is 31.2. The third-order valence-electron chi connectivity index (χ3n) is 7.55. The monoisotopic (exact) mass is 710 g/mol. The van der Waals surface area contributed by atoms with Gasteiger partial charge in [0.05, 0.1) is 19.8 Å². The maximum absolute atomic E-state index is 13.4. The van der Waals surface area contributed by atoms with Crippen molar-refractivity contribution >= 4 is 25.7 Å². The molecule has 3 aromatic rings. The van der Waals surface area contributed by atoms with Crippen LogP contribution in [-0.4, -0.2) is 37.7 Å². The molecular formula is C39H51O10P. The maximum Gasteiger partial charge on any atom is 0.474 e. The summed E-state index contributed by atoms with van der Waals surface area (Å²) in [5.74, 6) is -0.789. The normalized spacial score (nSPS) is 11.2. The van der Waals surface area contributed by atoms with Gasteiger partial charge in [-0.1, -0.05) is 110 Å². The third-order valence-corrected chi connectivity index (χ3v) is 9.05. The fraction of sp³-hybridized carbons (Fsp3) is 0.462. The van der Waals surface area contributed by atoms with Crippen LogP contribution in [0.1, 0.15) is 93.7 Å². The molecule has 10 nitrogen and oxygen atoms in total. The lowest BCUT2D eigenvalue weighted by molar-refractivity contribution is -0.146. The summed E-state index contributed by atoms with van der Waals surface area (Å²) in [6.45, 7) is 1.19. The van der Waals surface area contributed by atoms with Gasteiger partial charge in [-0.15, -0.1) is 0 Å². The molecule has 0 heterocycles. The summed E-state index contributed by atoms with van der Waals surface area (Å²) in [5.41, 5.74) is 2.81. The first-order valence-corrected chi connectivity index (χ1v) is 19.0. The van der Waals surface area contributed by atoms with Crippen LogP contribution in [-0.2, 0) is 66.6 Å². The van der Waals surface area contributed by atoms with Crippen molar-refractivity contribution in [2.24, 2.45) is 0 Å². The molecular weight excluding hydrogens is 659 g/mol. The van der Waals surface area contributed by atoms with Crippen molar-refractivity contribution in [3.63, 3.8) is 0 Å². The fourth-order valence-corrected chi connectivity index (χ4v) is 6.00. The number of unbranched alkanes of at least 4 members (excludes halogenated alkanes) is 6. The van der Waals surface area contributed by atoms with Gasteiger partial charge in [-0.25, -0.2) is 4.57 Å². The molecule has 0 aliphatic carbocycles. The lowest BCUT2D eigenvalue weighted by Crippen LogP contribution is -2.07. The van der Waals surface area contributed by atoms with Crippen LogP contribution in [0.25, 0.3) is 0 Å². The number of benzene rings is 3. The number of hydrogen-bond donors (Lipinski definition) is 0. The molecule has 0 spiro atoms. The minimum Gasteiger partial charge on any atom is -0.461 e. The summed E-state index contributed by atoms with van der Waals surface area (Å²) in [6.07, 6.45) is 6.46. The second-order valence-electron chi connectivity index (χ2n) is 11.8. The summed E-state index contributed by atoms with van der Waals surface area (Å²) in [4.78, 5) is 36.2. The van der Waals surface area contributed by atoms with E-state index >= 15 is 0 Å². The SMILES string of the molecule is O=C(CCCCCOP(=O)(OCCCCCC(=O)OCc1ccccc1)OCCCCCC(=O)OCc1ccccc1)OCc1ccccc1. The average molecular weight is 711 g/mol. The van der Waals surface area contributed by atoms with Crippen LogP contribution < -0.4 is 0 Å². The van der Waals surface area contributed by atoms with E-state index in [1.54, 1.807) is 0 Å². The van der Waals surface area contributed by atoms with Gasteiger partial charge in [0.1, 0.15) is 19.8 Å². The Morgan fingerprint density at radius 3 is 0.960 bits per heavy atom. The molecule has 0 aliphatic rings. The molecule has 272 valence electrons. The van der Waals surface area contributed by atoms with Crippen LogP contribution in [0, 0.1) is 0 Å². The van der Waals surface area contributed by atoms with Gasteiger partial charge in [0.15, 0.2) is 0 Å². The van der Waals surface area contributed by atoms with Crippen LogP contribution in [0.2, 0.25) is 0 Å². The zero-order valence-electron chi connectivity index (χ0n) is 28.9. The van der Waals surface area contributed by atoms with E-state index in [9.17, 15) is 18.9 Å². The number of rotatable bonds is 27. The highest BCUT2D eigenvalue weighted by molar-refractivity contribution is 7.48. The molecule has 0 saturated carbocycles. The lowest BCUT2D eigenvalue weighted by Gasteiger charge is -2.18. The van der Waals surface area contributed by atoms with Crippen molar-refractivity contribution < 1.29 is 46.7 Å². The molecule has 11 heteroatoms. The summed E-state index contributed by atoms with van der Waals surface area (Å²) < 4.78 is 46.2. The smallest absolute Gasteiger partial charge is 0.461 e. The summed E-state index contributed by atoms with van der Waals surface area (Å²) in [6, 6.07) is 28.5. The van der Waals surface area contributed by atoms with E-state index in [0.717, 1.165) is 16.7 Å². The van der Waals surface area contributed by atoms with E-state index in [1.807, 2.05) is 91.0 Å². The Balaban J connectivity index is 1.30. The molecule has 0 aromatic heterocycles. The number of carbonyl (C=O) groups is 3. The van der Waals surface area contributed by atoms with Crippen molar-refractivity contribution in [2.45, 2.75) is 96.9 Å². The van der Waals surface area contributed by atoms with Crippen molar-refractivity contribution in [3.8, 4) is 0 Å². The van der Waals surface area contributed by atoms with Crippen molar-refractivity contribution in [2.75, 3.05) is 19.8 Å². The molecule has 0 saturated heterocycles. The Morgan fingerprint density at radius 1 is 0.400 bits per heavy atom. The Morgan fingerprint density at radius 2 is 0.680 bits per heavy atom. The van der Waals surface area contributed by atoms with Crippen LogP contribution in [0.5, 0.6) is 0 Å². The molecule has 0 bridgehead atoms. The molecule has 0 atom stereocenters. The summed E-state index contributed by atoms with van der Waals surface area (Å²) in [5, 5.41) is 0. The van der Waals surface area contributed by atoms with E-state index in [0.29, 0.717) is 57.8 Å². The Labute approximate surface area is 296 Å². The van der Waals surface area contributed by atoms with E-state index in [2.05, 4.69) is 0 Å². The van der Waals surface area contributed by atoms with E-state index in [1.165, 1.54) is 0 Å². The molecule has 0 radical (unpaired) electrons. The number of esters is 3. The predicted molar refractivity (Wildman–Crippen MR) is 190 cm³/mol. The first-order valence-electron chi connectivity index (χ1n) is 17.5. The molecule has 0 fully saturated rings. The van der Waals surface area contributed by atoms with Crippen LogP contribution in [0.4, 0.5) is 0 Å². The van der Waals surface area contributed by atoms with Crippen molar-refractivity contribution in [1.29, 1.82) is 0 Å². The number of phosphoric acid groups is 1. The number of phosphoric ester groups is 1. The Bertz CT molecular complexity index is 1230.